The molecule has 2 aliphatic carbocycles. The Morgan fingerprint density at radius 3 is 2.18 bits per heavy atom. The number of alkyl carbamates (subject to hydrolysis) is 1. The van der Waals surface area contributed by atoms with E-state index < -0.39 is 48.3 Å². The summed E-state index contributed by atoms with van der Waals surface area (Å²) in [7, 11) is 0. The molecule has 2 aromatic rings. The van der Waals surface area contributed by atoms with Crippen molar-refractivity contribution in [3.63, 3.8) is 0 Å². The van der Waals surface area contributed by atoms with Gasteiger partial charge in [0.05, 0.1) is 12.0 Å². The molecule has 2 fully saturated rings. The van der Waals surface area contributed by atoms with E-state index in [0.29, 0.717) is 12.8 Å². The van der Waals surface area contributed by atoms with Crippen LogP contribution in [0.3, 0.4) is 0 Å². The topological polar surface area (TPSA) is 95.9 Å². The molecule has 2 N–H and O–H groups in total. The molecule has 2 aromatic carbocycles. The van der Waals surface area contributed by atoms with Gasteiger partial charge < -0.3 is 20.1 Å². The van der Waals surface area contributed by atoms with E-state index in [1.165, 1.54) is 0 Å². The van der Waals surface area contributed by atoms with E-state index in [1.54, 1.807) is 0 Å². The van der Waals surface area contributed by atoms with Crippen LogP contribution in [-0.4, -0.2) is 59.6 Å². The van der Waals surface area contributed by atoms with Crippen LogP contribution in [0.5, 0.6) is 0 Å². The van der Waals surface area contributed by atoms with E-state index in [9.17, 15) is 28.3 Å². The Morgan fingerprint density at radius 1 is 1.03 bits per heavy atom. The number of carbonyl (C=O) groups is 3. The number of hydrogen-bond acceptors (Lipinski definition) is 4. The first-order valence-electron chi connectivity index (χ1n) is 11.2. The summed E-state index contributed by atoms with van der Waals surface area (Å²) in [5.74, 6) is -5.46. The van der Waals surface area contributed by atoms with Crippen molar-refractivity contribution >= 4 is 18.0 Å². The summed E-state index contributed by atoms with van der Waals surface area (Å²) in [6.45, 7) is -0.896. The van der Waals surface area contributed by atoms with Gasteiger partial charge in [-0.05, 0) is 35.1 Å². The molecule has 0 aromatic heterocycles. The number of nitrogens with one attached hydrogen (secondary N) is 1. The minimum absolute atomic E-state index is 0.0864. The molecule has 2 amide bonds. The Kier molecular flexibility index (Phi) is 5.30. The largest absolute Gasteiger partial charge is 0.480 e. The number of aliphatic carboxylic acids is 1. The second-order valence-corrected chi connectivity index (χ2v) is 9.31. The number of halogens is 2. The number of rotatable bonds is 6. The second kappa shape index (κ2) is 8.07. The van der Waals surface area contributed by atoms with Crippen molar-refractivity contribution in [2.75, 3.05) is 19.7 Å². The van der Waals surface area contributed by atoms with E-state index in [2.05, 4.69) is 5.32 Å². The third-order valence-electron chi connectivity index (χ3n) is 7.04. The molecule has 9 heteroatoms. The van der Waals surface area contributed by atoms with E-state index in [-0.39, 0.29) is 19.1 Å². The molecule has 0 spiro atoms. The molecule has 1 saturated carbocycles. The Labute approximate surface area is 194 Å². The Bertz CT molecular complexity index is 1120. The van der Waals surface area contributed by atoms with Gasteiger partial charge in [0.1, 0.15) is 12.6 Å². The van der Waals surface area contributed by atoms with Gasteiger partial charge in [-0.1, -0.05) is 48.5 Å². The molecular weight excluding hydrogens is 446 g/mol. The van der Waals surface area contributed by atoms with Gasteiger partial charge in [0.15, 0.2) is 0 Å². The molecule has 1 saturated heterocycles. The lowest BCUT2D eigenvalue weighted by Crippen LogP contribution is -2.47. The molecule has 178 valence electrons. The number of benzene rings is 2. The first-order valence-corrected chi connectivity index (χ1v) is 11.2. The minimum Gasteiger partial charge on any atom is -0.480 e. The van der Waals surface area contributed by atoms with Gasteiger partial charge >= 0.3 is 12.1 Å². The lowest BCUT2D eigenvalue weighted by molar-refractivity contribution is -0.150. The summed E-state index contributed by atoms with van der Waals surface area (Å²) in [6.07, 6.45) is -0.819. The number of likely N-dealkylation sites (tertiary alicyclic amines) is 1. The number of carbonyl (C=O) groups excluding carboxylic acids is 2. The van der Waals surface area contributed by atoms with Gasteiger partial charge in [0, 0.05) is 18.9 Å². The number of hydrogen-bond donors (Lipinski definition) is 2. The number of ether oxygens (including phenoxy) is 1. The summed E-state index contributed by atoms with van der Waals surface area (Å²) in [6, 6.07) is 14.3. The van der Waals surface area contributed by atoms with Crippen molar-refractivity contribution in [3.8, 4) is 11.1 Å². The molecule has 1 aliphatic heterocycles. The predicted molar refractivity (Wildman–Crippen MR) is 117 cm³/mol. The zero-order valence-electron chi connectivity index (χ0n) is 18.3. The molecule has 3 aliphatic rings. The number of nitrogens with zero attached hydrogens (tertiary/aromatic N) is 1. The molecule has 1 atom stereocenters. The molecular formula is C25H24F2N2O5. The van der Waals surface area contributed by atoms with Crippen LogP contribution >= 0.6 is 0 Å². The zero-order valence-corrected chi connectivity index (χ0v) is 18.3. The summed E-state index contributed by atoms with van der Waals surface area (Å²) < 4.78 is 33.1. The smallest absolute Gasteiger partial charge is 0.407 e. The first-order chi connectivity index (χ1) is 16.2. The van der Waals surface area contributed by atoms with Crippen molar-refractivity contribution < 1.29 is 33.0 Å². The third kappa shape index (κ3) is 3.89. The fraction of sp³-hybridized carbons (Fsp3) is 0.400. The highest BCUT2D eigenvalue weighted by atomic mass is 19.3. The monoisotopic (exact) mass is 470 g/mol. The Morgan fingerprint density at radius 2 is 1.62 bits per heavy atom. The van der Waals surface area contributed by atoms with Gasteiger partial charge in [0.2, 0.25) is 5.91 Å². The van der Waals surface area contributed by atoms with Gasteiger partial charge in [-0.3, -0.25) is 4.79 Å². The van der Waals surface area contributed by atoms with Crippen molar-refractivity contribution in [1.29, 1.82) is 0 Å². The minimum atomic E-state index is -3.24. The van der Waals surface area contributed by atoms with Crippen LogP contribution in [0, 0.1) is 5.41 Å². The van der Waals surface area contributed by atoms with Crippen LogP contribution in [0.4, 0.5) is 13.6 Å². The van der Waals surface area contributed by atoms with Crippen LogP contribution in [-0.2, 0) is 14.3 Å². The van der Waals surface area contributed by atoms with E-state index >= 15 is 0 Å². The summed E-state index contributed by atoms with van der Waals surface area (Å²) >= 11 is 0. The van der Waals surface area contributed by atoms with Crippen LogP contribution in [0.15, 0.2) is 48.5 Å². The molecule has 34 heavy (non-hydrogen) atoms. The molecule has 7 nitrogen and oxygen atoms in total. The number of carboxylic acids is 1. The maximum absolute atomic E-state index is 13.8. The van der Waals surface area contributed by atoms with Gasteiger partial charge in [-0.2, -0.15) is 0 Å². The fourth-order valence-electron chi connectivity index (χ4n) is 5.06. The number of fused-ring (bicyclic) bond motifs is 3. The second-order valence-electron chi connectivity index (χ2n) is 9.31. The molecule has 1 heterocycles. The number of amides is 2. The molecule has 5 rings (SSSR count). The van der Waals surface area contributed by atoms with Crippen molar-refractivity contribution in [2.45, 2.75) is 37.1 Å². The highest BCUT2D eigenvalue weighted by Crippen LogP contribution is 2.49. The third-order valence-corrected chi connectivity index (χ3v) is 7.04. The first kappa shape index (κ1) is 22.3. The summed E-state index contributed by atoms with van der Waals surface area (Å²) in [5, 5.41) is 11.8. The van der Waals surface area contributed by atoms with E-state index in [1.807, 2.05) is 48.5 Å². The molecule has 0 radical (unpaired) electrons. The maximum Gasteiger partial charge on any atom is 0.407 e. The van der Waals surface area contributed by atoms with Gasteiger partial charge in [-0.25, -0.2) is 18.4 Å². The quantitative estimate of drug-likeness (QED) is 0.672. The van der Waals surface area contributed by atoms with E-state index in [4.69, 9.17) is 4.74 Å². The highest BCUT2D eigenvalue weighted by Gasteiger charge is 2.58. The van der Waals surface area contributed by atoms with Crippen LogP contribution in [0.25, 0.3) is 11.1 Å². The van der Waals surface area contributed by atoms with Gasteiger partial charge in [-0.15, -0.1) is 0 Å². The standard InChI is InChI=1S/C25H24F2N2O5/c26-25(27)11-20(21(30)31)29(14-25)22(32)24(9-10-24)13-28-23(33)34-12-19-17-7-3-1-5-15(17)16-6-2-4-8-18(16)19/h1-8,19-20H,9-14H2,(H,28,33)(H,30,31). The predicted octanol–water partition coefficient (Wildman–Crippen LogP) is 3.63. The lowest BCUT2D eigenvalue weighted by atomic mass is 9.98. The Balaban J connectivity index is 1.20. The Hall–Kier alpha value is -3.49. The van der Waals surface area contributed by atoms with Crippen molar-refractivity contribution in [2.24, 2.45) is 5.41 Å². The highest BCUT2D eigenvalue weighted by molar-refractivity contribution is 5.90. The van der Waals surface area contributed by atoms with Crippen LogP contribution in [0.2, 0.25) is 0 Å². The SMILES string of the molecule is O=C(NCC1(C(=O)N2CC(F)(F)CC2C(=O)O)CC1)OCC1c2ccccc2-c2ccccc21. The van der Waals surface area contributed by atoms with E-state index in [0.717, 1.165) is 27.2 Å². The fourth-order valence-corrected chi connectivity index (χ4v) is 5.06. The van der Waals surface area contributed by atoms with Gasteiger partial charge in [0.25, 0.3) is 5.92 Å². The summed E-state index contributed by atoms with van der Waals surface area (Å²) in [5.41, 5.74) is 3.29. The molecule has 0 bridgehead atoms. The lowest BCUT2D eigenvalue weighted by Gasteiger charge is -2.26. The van der Waals surface area contributed by atoms with Crippen molar-refractivity contribution in [1.82, 2.24) is 10.2 Å². The summed E-state index contributed by atoms with van der Waals surface area (Å²) in [4.78, 5) is 37.5. The average Bonchev–Trinajstić information content (AvgIpc) is 3.44. The molecule has 1 unspecified atom stereocenters. The van der Waals surface area contributed by atoms with Crippen molar-refractivity contribution in [3.05, 3.63) is 59.7 Å². The maximum atomic E-state index is 13.8. The number of carboxylic acid groups (broad SMARTS) is 1. The normalized spacial score (nSPS) is 21.5. The number of alkyl halides is 2. The van der Waals surface area contributed by atoms with Crippen LogP contribution < -0.4 is 5.32 Å². The zero-order chi connectivity index (χ0) is 24.1. The van der Waals surface area contributed by atoms with Crippen LogP contribution in [0.1, 0.15) is 36.3 Å². The average molecular weight is 470 g/mol.